The lowest BCUT2D eigenvalue weighted by atomic mass is 10.0. The predicted octanol–water partition coefficient (Wildman–Crippen LogP) is 4.46. The Balaban J connectivity index is 1.75. The molecule has 2 aromatic carbocycles. The highest BCUT2D eigenvalue weighted by molar-refractivity contribution is 6.37. The molecule has 1 unspecified atom stereocenters. The van der Waals surface area contributed by atoms with Gasteiger partial charge in [0.1, 0.15) is 0 Å². The minimum atomic E-state index is -0.251. The number of hydrogen-bond donors (Lipinski definition) is 1. The second-order valence-corrected chi connectivity index (χ2v) is 7.65. The Labute approximate surface area is 179 Å². The Bertz CT molecular complexity index is 801. The average Bonchev–Trinajstić information content (AvgIpc) is 2.70. The number of halogens is 3. The van der Waals surface area contributed by atoms with Crippen LogP contribution in [0.3, 0.4) is 0 Å². The van der Waals surface area contributed by atoms with Gasteiger partial charge in [-0.15, -0.1) is 0 Å². The van der Waals surface area contributed by atoms with Crippen molar-refractivity contribution in [2.45, 2.75) is 6.04 Å². The smallest absolute Gasteiger partial charge is 0.251 e. The first-order chi connectivity index (χ1) is 13.5. The van der Waals surface area contributed by atoms with Gasteiger partial charge >= 0.3 is 0 Å². The zero-order chi connectivity index (χ0) is 20.1. The first-order valence-corrected chi connectivity index (χ1v) is 10.0. The number of methoxy groups -OCH3 is 1. The number of hydrogen-bond acceptors (Lipinski definition) is 4. The maximum Gasteiger partial charge on any atom is 0.251 e. The summed E-state index contributed by atoms with van der Waals surface area (Å²) in [6, 6.07) is 10.8. The summed E-state index contributed by atoms with van der Waals surface area (Å²) in [7, 11) is 1.48. The molecule has 1 fully saturated rings. The van der Waals surface area contributed by atoms with Gasteiger partial charge in [-0.05, 0) is 29.8 Å². The molecule has 0 spiro atoms. The van der Waals surface area contributed by atoms with E-state index in [0.29, 0.717) is 46.1 Å². The fourth-order valence-electron chi connectivity index (χ4n) is 3.21. The number of amides is 1. The van der Waals surface area contributed by atoms with Gasteiger partial charge in [0.15, 0.2) is 5.75 Å². The minimum Gasteiger partial charge on any atom is -0.494 e. The molecule has 1 saturated heterocycles. The van der Waals surface area contributed by atoms with Gasteiger partial charge in [0.05, 0.1) is 36.4 Å². The third-order valence-corrected chi connectivity index (χ3v) is 5.48. The van der Waals surface area contributed by atoms with E-state index in [2.05, 4.69) is 10.2 Å². The number of morpholine rings is 1. The lowest BCUT2D eigenvalue weighted by Gasteiger charge is -2.35. The van der Waals surface area contributed by atoms with Crippen molar-refractivity contribution < 1.29 is 14.3 Å². The van der Waals surface area contributed by atoms with Gasteiger partial charge in [-0.2, -0.15) is 0 Å². The standard InChI is InChI=1S/C20H21Cl3N2O3/c1-27-19-16(22)10-14(11-17(19)23)20(26)24-12-18(25-6-8-28-9-7-25)13-2-4-15(21)5-3-13/h2-5,10-11,18H,6-9,12H2,1H3,(H,24,26). The second kappa shape index (κ2) is 9.81. The number of benzene rings is 2. The van der Waals surface area contributed by atoms with Crippen molar-refractivity contribution in [3.63, 3.8) is 0 Å². The average molecular weight is 444 g/mol. The first kappa shape index (κ1) is 21.2. The highest BCUT2D eigenvalue weighted by Crippen LogP contribution is 2.33. The number of ether oxygens (including phenoxy) is 2. The van der Waals surface area contributed by atoms with Gasteiger partial charge in [0, 0.05) is 30.2 Å². The molecule has 2 aromatic rings. The SMILES string of the molecule is COc1c(Cl)cc(C(=O)NCC(c2ccc(Cl)cc2)N2CCOCC2)cc1Cl. The third kappa shape index (κ3) is 5.10. The normalized spacial score (nSPS) is 15.9. The Morgan fingerprint density at radius 1 is 1.14 bits per heavy atom. The van der Waals surface area contributed by atoms with Crippen molar-refractivity contribution in [2.75, 3.05) is 40.0 Å². The van der Waals surface area contributed by atoms with Gasteiger partial charge in [-0.25, -0.2) is 0 Å². The summed E-state index contributed by atoms with van der Waals surface area (Å²) in [5.41, 5.74) is 1.46. The van der Waals surface area contributed by atoms with E-state index in [9.17, 15) is 4.79 Å². The van der Waals surface area contributed by atoms with Crippen LogP contribution >= 0.6 is 34.8 Å². The molecule has 5 nitrogen and oxygen atoms in total. The van der Waals surface area contributed by atoms with Crippen LogP contribution < -0.4 is 10.1 Å². The first-order valence-electron chi connectivity index (χ1n) is 8.88. The Hall–Kier alpha value is -1.50. The minimum absolute atomic E-state index is 0.00862. The third-order valence-electron chi connectivity index (χ3n) is 4.66. The van der Waals surface area contributed by atoms with Crippen LogP contribution in [0.15, 0.2) is 36.4 Å². The molecule has 8 heteroatoms. The molecule has 150 valence electrons. The maximum atomic E-state index is 12.7. The molecule has 1 atom stereocenters. The summed E-state index contributed by atoms with van der Waals surface area (Å²) in [6.07, 6.45) is 0. The van der Waals surface area contributed by atoms with Gasteiger partial charge in [0.25, 0.3) is 5.91 Å². The Kier molecular flexibility index (Phi) is 7.43. The highest BCUT2D eigenvalue weighted by atomic mass is 35.5. The van der Waals surface area contributed by atoms with Crippen LogP contribution in [0.4, 0.5) is 0 Å². The molecule has 1 heterocycles. The fourth-order valence-corrected chi connectivity index (χ4v) is 3.98. The lowest BCUT2D eigenvalue weighted by Crippen LogP contribution is -2.43. The van der Waals surface area contributed by atoms with Gasteiger partial charge in [-0.1, -0.05) is 46.9 Å². The van der Waals surface area contributed by atoms with Crippen molar-refractivity contribution >= 4 is 40.7 Å². The summed E-state index contributed by atoms with van der Waals surface area (Å²) < 4.78 is 10.6. The summed E-state index contributed by atoms with van der Waals surface area (Å²) in [5.74, 6) is 0.103. The van der Waals surface area contributed by atoms with Crippen LogP contribution in [0.5, 0.6) is 5.75 Å². The van der Waals surface area contributed by atoms with Crippen LogP contribution in [-0.2, 0) is 4.74 Å². The highest BCUT2D eigenvalue weighted by Gasteiger charge is 2.24. The topological polar surface area (TPSA) is 50.8 Å². The molecule has 0 bridgehead atoms. The Morgan fingerprint density at radius 3 is 2.32 bits per heavy atom. The summed E-state index contributed by atoms with van der Waals surface area (Å²) >= 11 is 18.3. The van der Waals surface area contributed by atoms with Crippen molar-refractivity contribution in [1.29, 1.82) is 0 Å². The number of nitrogens with one attached hydrogen (secondary N) is 1. The molecule has 0 aromatic heterocycles. The molecule has 28 heavy (non-hydrogen) atoms. The molecular formula is C20H21Cl3N2O3. The van der Waals surface area contributed by atoms with Crippen LogP contribution in [0.1, 0.15) is 22.0 Å². The van der Waals surface area contributed by atoms with Crippen molar-refractivity contribution in [3.05, 3.63) is 62.6 Å². The van der Waals surface area contributed by atoms with Crippen molar-refractivity contribution in [1.82, 2.24) is 10.2 Å². The van der Waals surface area contributed by atoms with Gasteiger partial charge < -0.3 is 14.8 Å². The van der Waals surface area contributed by atoms with E-state index < -0.39 is 0 Å². The summed E-state index contributed by atoms with van der Waals surface area (Å²) in [4.78, 5) is 15.0. The maximum absolute atomic E-state index is 12.7. The fraction of sp³-hybridized carbons (Fsp3) is 0.350. The second-order valence-electron chi connectivity index (χ2n) is 6.40. The molecule has 1 aliphatic rings. The summed E-state index contributed by atoms with van der Waals surface area (Å²) in [5, 5.41) is 4.25. The van der Waals surface area contributed by atoms with Crippen LogP contribution in [0, 0.1) is 0 Å². The molecule has 3 rings (SSSR count). The van der Waals surface area contributed by atoms with E-state index in [0.717, 1.165) is 18.7 Å². The van der Waals surface area contributed by atoms with E-state index in [1.165, 1.54) is 7.11 Å². The van der Waals surface area contributed by atoms with Crippen LogP contribution in [0.25, 0.3) is 0 Å². The Morgan fingerprint density at radius 2 is 1.75 bits per heavy atom. The predicted molar refractivity (Wildman–Crippen MR) is 112 cm³/mol. The molecule has 0 radical (unpaired) electrons. The van der Waals surface area contributed by atoms with Crippen LogP contribution in [-0.4, -0.2) is 50.8 Å². The van der Waals surface area contributed by atoms with Crippen LogP contribution in [0.2, 0.25) is 15.1 Å². The monoisotopic (exact) mass is 442 g/mol. The molecule has 0 aliphatic carbocycles. The van der Waals surface area contributed by atoms with Gasteiger partial charge in [0.2, 0.25) is 0 Å². The number of carbonyl (C=O) groups is 1. The van der Waals surface area contributed by atoms with E-state index in [4.69, 9.17) is 44.3 Å². The summed E-state index contributed by atoms with van der Waals surface area (Å²) in [6.45, 7) is 3.36. The van der Waals surface area contributed by atoms with Gasteiger partial charge in [-0.3, -0.25) is 9.69 Å². The number of rotatable bonds is 6. The van der Waals surface area contributed by atoms with E-state index in [1.807, 2.05) is 24.3 Å². The zero-order valence-corrected chi connectivity index (χ0v) is 17.7. The van der Waals surface area contributed by atoms with Crippen molar-refractivity contribution in [3.8, 4) is 5.75 Å². The molecule has 1 aliphatic heterocycles. The lowest BCUT2D eigenvalue weighted by molar-refractivity contribution is 0.0162. The van der Waals surface area contributed by atoms with E-state index >= 15 is 0 Å². The van der Waals surface area contributed by atoms with E-state index in [-0.39, 0.29) is 11.9 Å². The molecule has 1 N–H and O–H groups in total. The number of carbonyl (C=O) groups excluding carboxylic acids is 1. The molecule has 0 saturated carbocycles. The molecule has 1 amide bonds. The number of nitrogens with zero attached hydrogens (tertiary/aromatic N) is 1. The van der Waals surface area contributed by atoms with E-state index in [1.54, 1.807) is 12.1 Å². The van der Waals surface area contributed by atoms with Crippen molar-refractivity contribution in [2.24, 2.45) is 0 Å². The largest absolute Gasteiger partial charge is 0.494 e. The zero-order valence-electron chi connectivity index (χ0n) is 15.4. The molecular weight excluding hydrogens is 423 g/mol. The quantitative estimate of drug-likeness (QED) is 0.716.